The van der Waals surface area contributed by atoms with Gasteiger partial charge in [0.1, 0.15) is 0 Å². The van der Waals surface area contributed by atoms with Gasteiger partial charge in [-0.15, -0.1) is 0 Å². The van der Waals surface area contributed by atoms with Crippen molar-refractivity contribution in [2.24, 2.45) is 0 Å². The summed E-state index contributed by atoms with van der Waals surface area (Å²) in [6.45, 7) is 0. The Labute approximate surface area is 136 Å². The van der Waals surface area contributed by atoms with E-state index in [1.54, 1.807) is 0 Å². The van der Waals surface area contributed by atoms with E-state index >= 15 is 0 Å². The number of rotatable bonds is 3. The van der Waals surface area contributed by atoms with Gasteiger partial charge in [0.2, 0.25) is 0 Å². The Morgan fingerprint density at radius 2 is 1.13 bits per heavy atom. The van der Waals surface area contributed by atoms with Crippen LogP contribution in [0.1, 0.15) is 0 Å². The lowest BCUT2D eigenvalue weighted by atomic mass is 10.1. The molecule has 23 heavy (non-hydrogen) atoms. The van der Waals surface area contributed by atoms with Crippen LogP contribution in [0.4, 0.5) is 11.4 Å². The van der Waals surface area contributed by atoms with Crippen molar-refractivity contribution < 1.29 is 0 Å². The molecular weight excluding hydrogens is 278 g/mol. The number of nitrogens with one attached hydrogen (secondary N) is 1. The zero-order valence-electron chi connectivity index (χ0n) is 12.7. The molecule has 1 heteroatoms. The Kier molecular flexibility index (Phi) is 3.53. The molecule has 0 aliphatic rings. The molecule has 0 saturated heterocycles. The summed E-state index contributed by atoms with van der Waals surface area (Å²) in [6, 6.07) is 33.8. The van der Waals surface area contributed by atoms with E-state index < -0.39 is 0 Å². The molecule has 0 aromatic heterocycles. The lowest BCUT2D eigenvalue weighted by Crippen LogP contribution is -1.90. The van der Waals surface area contributed by atoms with Crippen molar-refractivity contribution >= 4 is 22.1 Å². The summed E-state index contributed by atoms with van der Waals surface area (Å²) in [5, 5.41) is 6.01. The first-order valence-corrected chi connectivity index (χ1v) is 7.80. The third kappa shape index (κ3) is 2.95. The standard InChI is InChI=1S/C22H17N/c1-2-7-17(8-3-1)20-11-6-12-21(15-20)23-22-14-13-18-9-4-5-10-19(18)16-22/h1-16,23H. The second-order valence-corrected chi connectivity index (χ2v) is 5.63. The topological polar surface area (TPSA) is 12.0 Å². The van der Waals surface area contributed by atoms with E-state index in [-0.39, 0.29) is 0 Å². The van der Waals surface area contributed by atoms with Gasteiger partial charge in [-0.05, 0) is 46.2 Å². The average molecular weight is 295 g/mol. The maximum absolute atomic E-state index is 3.51. The van der Waals surface area contributed by atoms with Gasteiger partial charge >= 0.3 is 0 Å². The van der Waals surface area contributed by atoms with Crippen LogP contribution in [-0.2, 0) is 0 Å². The molecule has 0 radical (unpaired) electrons. The Hall–Kier alpha value is -3.06. The highest BCUT2D eigenvalue weighted by molar-refractivity contribution is 5.86. The summed E-state index contributed by atoms with van der Waals surface area (Å²) in [5.41, 5.74) is 4.65. The molecule has 1 nitrogen and oxygen atoms in total. The lowest BCUT2D eigenvalue weighted by molar-refractivity contribution is 1.55. The monoisotopic (exact) mass is 295 g/mol. The van der Waals surface area contributed by atoms with Crippen LogP contribution in [0.25, 0.3) is 21.9 Å². The minimum atomic E-state index is 1.10. The fourth-order valence-electron chi connectivity index (χ4n) is 2.84. The molecule has 0 saturated carbocycles. The molecule has 0 heterocycles. The summed E-state index contributed by atoms with van der Waals surface area (Å²) in [5.74, 6) is 0. The number of hydrogen-bond acceptors (Lipinski definition) is 1. The van der Waals surface area contributed by atoms with Crippen molar-refractivity contribution in [2.45, 2.75) is 0 Å². The molecule has 0 bridgehead atoms. The van der Waals surface area contributed by atoms with Gasteiger partial charge in [0.25, 0.3) is 0 Å². The molecular formula is C22H17N. The lowest BCUT2D eigenvalue weighted by Gasteiger charge is -2.10. The van der Waals surface area contributed by atoms with Crippen molar-refractivity contribution in [3.63, 3.8) is 0 Å². The van der Waals surface area contributed by atoms with Crippen LogP contribution in [0.15, 0.2) is 97.1 Å². The summed E-state index contributed by atoms with van der Waals surface area (Å²) >= 11 is 0. The summed E-state index contributed by atoms with van der Waals surface area (Å²) in [4.78, 5) is 0. The first-order valence-electron chi connectivity index (χ1n) is 7.80. The largest absolute Gasteiger partial charge is 0.355 e. The molecule has 0 aliphatic heterocycles. The minimum Gasteiger partial charge on any atom is -0.355 e. The fraction of sp³-hybridized carbons (Fsp3) is 0. The number of hydrogen-bond donors (Lipinski definition) is 1. The van der Waals surface area contributed by atoms with Gasteiger partial charge in [0, 0.05) is 11.4 Å². The van der Waals surface area contributed by atoms with Gasteiger partial charge < -0.3 is 5.32 Å². The molecule has 0 amide bonds. The third-order valence-electron chi connectivity index (χ3n) is 4.01. The smallest absolute Gasteiger partial charge is 0.0390 e. The molecule has 0 unspecified atom stereocenters. The van der Waals surface area contributed by atoms with Gasteiger partial charge in [-0.2, -0.15) is 0 Å². The summed E-state index contributed by atoms with van der Waals surface area (Å²) < 4.78 is 0. The Bertz CT molecular complexity index is 942. The van der Waals surface area contributed by atoms with Crippen LogP contribution >= 0.6 is 0 Å². The van der Waals surface area contributed by atoms with E-state index in [2.05, 4.69) is 96.3 Å². The van der Waals surface area contributed by atoms with E-state index in [1.807, 2.05) is 6.07 Å². The van der Waals surface area contributed by atoms with Crippen molar-refractivity contribution in [3.8, 4) is 11.1 Å². The Balaban J connectivity index is 1.65. The average Bonchev–Trinajstić information content (AvgIpc) is 2.63. The maximum Gasteiger partial charge on any atom is 0.0390 e. The van der Waals surface area contributed by atoms with Gasteiger partial charge in [-0.3, -0.25) is 0 Å². The normalized spacial score (nSPS) is 10.6. The van der Waals surface area contributed by atoms with Crippen LogP contribution in [0.2, 0.25) is 0 Å². The predicted octanol–water partition coefficient (Wildman–Crippen LogP) is 6.25. The molecule has 0 atom stereocenters. The number of benzene rings is 4. The van der Waals surface area contributed by atoms with Crippen molar-refractivity contribution in [2.75, 3.05) is 5.32 Å². The van der Waals surface area contributed by atoms with Crippen molar-refractivity contribution in [1.29, 1.82) is 0 Å². The second-order valence-electron chi connectivity index (χ2n) is 5.63. The van der Waals surface area contributed by atoms with Crippen LogP contribution in [0, 0.1) is 0 Å². The van der Waals surface area contributed by atoms with E-state index in [0.29, 0.717) is 0 Å². The Morgan fingerprint density at radius 3 is 2.00 bits per heavy atom. The quantitative estimate of drug-likeness (QED) is 0.471. The number of fused-ring (bicyclic) bond motifs is 1. The first-order chi connectivity index (χ1) is 11.4. The van der Waals surface area contributed by atoms with Gasteiger partial charge in [0.15, 0.2) is 0 Å². The highest BCUT2D eigenvalue weighted by atomic mass is 14.9. The number of anilines is 2. The molecule has 110 valence electrons. The van der Waals surface area contributed by atoms with Gasteiger partial charge in [0.05, 0.1) is 0 Å². The van der Waals surface area contributed by atoms with E-state index in [0.717, 1.165) is 11.4 Å². The van der Waals surface area contributed by atoms with Crippen LogP contribution in [0.5, 0.6) is 0 Å². The van der Waals surface area contributed by atoms with Crippen LogP contribution in [-0.4, -0.2) is 0 Å². The van der Waals surface area contributed by atoms with Crippen molar-refractivity contribution in [3.05, 3.63) is 97.1 Å². The molecule has 0 spiro atoms. The van der Waals surface area contributed by atoms with Crippen LogP contribution < -0.4 is 5.32 Å². The predicted molar refractivity (Wildman–Crippen MR) is 99.1 cm³/mol. The van der Waals surface area contributed by atoms with Crippen LogP contribution in [0.3, 0.4) is 0 Å². The summed E-state index contributed by atoms with van der Waals surface area (Å²) in [7, 11) is 0. The molecule has 0 fully saturated rings. The molecule has 4 aromatic rings. The molecule has 4 rings (SSSR count). The van der Waals surface area contributed by atoms with E-state index in [4.69, 9.17) is 0 Å². The highest BCUT2D eigenvalue weighted by Gasteiger charge is 2.00. The SMILES string of the molecule is c1ccc(-c2cccc(Nc3ccc4ccccc4c3)c2)cc1. The first kappa shape index (κ1) is 13.6. The fourth-order valence-corrected chi connectivity index (χ4v) is 2.84. The zero-order valence-corrected chi connectivity index (χ0v) is 12.7. The third-order valence-corrected chi connectivity index (χ3v) is 4.01. The second kappa shape index (κ2) is 5.98. The highest BCUT2D eigenvalue weighted by Crippen LogP contribution is 2.26. The van der Waals surface area contributed by atoms with E-state index in [1.165, 1.54) is 21.9 Å². The van der Waals surface area contributed by atoms with E-state index in [9.17, 15) is 0 Å². The van der Waals surface area contributed by atoms with Gasteiger partial charge in [-0.25, -0.2) is 0 Å². The molecule has 1 N–H and O–H groups in total. The Morgan fingerprint density at radius 1 is 0.435 bits per heavy atom. The zero-order chi connectivity index (χ0) is 15.5. The van der Waals surface area contributed by atoms with Gasteiger partial charge in [-0.1, -0.05) is 72.8 Å². The molecule has 4 aromatic carbocycles. The van der Waals surface area contributed by atoms with Crippen molar-refractivity contribution in [1.82, 2.24) is 0 Å². The maximum atomic E-state index is 3.51. The molecule has 0 aliphatic carbocycles. The summed E-state index contributed by atoms with van der Waals surface area (Å²) in [6.07, 6.45) is 0. The minimum absolute atomic E-state index is 1.10.